The SMILES string of the molecule is OB(O)OC1=COCOC1. The average Bonchev–Trinajstić information content (AvgIpc) is 1.88. The quantitative estimate of drug-likeness (QED) is 0.479. The van der Waals surface area contributed by atoms with Gasteiger partial charge in [-0.25, -0.2) is 0 Å². The number of rotatable bonds is 2. The van der Waals surface area contributed by atoms with Crippen molar-refractivity contribution in [3.63, 3.8) is 0 Å². The molecule has 0 bridgehead atoms. The van der Waals surface area contributed by atoms with E-state index in [-0.39, 0.29) is 19.2 Å². The van der Waals surface area contributed by atoms with Gasteiger partial charge >= 0.3 is 7.32 Å². The third-order valence-corrected chi connectivity index (χ3v) is 0.867. The van der Waals surface area contributed by atoms with E-state index in [0.717, 1.165) is 0 Å². The van der Waals surface area contributed by atoms with Gasteiger partial charge in [0.1, 0.15) is 18.6 Å². The summed E-state index contributed by atoms with van der Waals surface area (Å²) in [7, 11) is -1.81. The predicted octanol–water partition coefficient (Wildman–Crippen LogP) is -1.18. The highest BCUT2D eigenvalue weighted by Crippen LogP contribution is 2.04. The van der Waals surface area contributed by atoms with Crippen LogP contribution in [0.5, 0.6) is 0 Å². The molecule has 6 heteroatoms. The van der Waals surface area contributed by atoms with E-state index in [4.69, 9.17) is 14.8 Å². The van der Waals surface area contributed by atoms with Gasteiger partial charge in [-0.2, -0.15) is 0 Å². The van der Waals surface area contributed by atoms with Crippen LogP contribution >= 0.6 is 0 Å². The van der Waals surface area contributed by atoms with Crippen LogP contribution in [0, 0.1) is 0 Å². The summed E-state index contributed by atoms with van der Waals surface area (Å²) in [6.07, 6.45) is 1.28. The molecule has 0 saturated carbocycles. The molecule has 56 valence electrons. The summed E-state index contributed by atoms with van der Waals surface area (Å²) in [5.74, 6) is 0.265. The van der Waals surface area contributed by atoms with Crippen molar-refractivity contribution in [1.29, 1.82) is 0 Å². The van der Waals surface area contributed by atoms with Crippen molar-refractivity contribution in [3.8, 4) is 0 Å². The van der Waals surface area contributed by atoms with Crippen molar-refractivity contribution in [2.45, 2.75) is 0 Å². The van der Waals surface area contributed by atoms with Gasteiger partial charge < -0.3 is 24.2 Å². The average molecular weight is 146 g/mol. The van der Waals surface area contributed by atoms with Crippen molar-refractivity contribution < 1.29 is 24.2 Å². The van der Waals surface area contributed by atoms with Crippen LogP contribution in [-0.2, 0) is 14.1 Å². The second-order valence-electron chi connectivity index (χ2n) is 1.66. The maximum Gasteiger partial charge on any atom is 0.707 e. The molecule has 1 aliphatic rings. The van der Waals surface area contributed by atoms with E-state index in [1.807, 2.05) is 0 Å². The van der Waals surface area contributed by atoms with Crippen LogP contribution in [0.4, 0.5) is 0 Å². The molecule has 0 aromatic heterocycles. The Bertz CT molecular complexity index is 134. The first-order chi connectivity index (χ1) is 4.79. The Labute approximate surface area is 58.0 Å². The Morgan fingerprint density at radius 3 is 2.90 bits per heavy atom. The van der Waals surface area contributed by atoms with E-state index in [1.54, 1.807) is 0 Å². The largest absolute Gasteiger partial charge is 0.707 e. The molecule has 0 unspecified atom stereocenters. The number of ether oxygens (including phenoxy) is 2. The van der Waals surface area contributed by atoms with Crippen LogP contribution in [0.15, 0.2) is 12.0 Å². The molecule has 1 rings (SSSR count). The van der Waals surface area contributed by atoms with Crippen LogP contribution < -0.4 is 0 Å². The molecule has 5 nitrogen and oxygen atoms in total. The Kier molecular flexibility index (Phi) is 2.55. The summed E-state index contributed by atoms with van der Waals surface area (Å²) >= 11 is 0. The van der Waals surface area contributed by atoms with Gasteiger partial charge in [-0.05, 0) is 0 Å². The molecular weight excluding hydrogens is 139 g/mol. The van der Waals surface area contributed by atoms with Gasteiger partial charge in [0.05, 0.1) is 0 Å². The summed E-state index contributed by atoms with van der Waals surface area (Å²) in [6, 6.07) is 0. The fourth-order valence-corrected chi connectivity index (χ4v) is 0.549. The van der Waals surface area contributed by atoms with Crippen molar-refractivity contribution in [1.82, 2.24) is 0 Å². The van der Waals surface area contributed by atoms with E-state index in [0.29, 0.717) is 0 Å². The van der Waals surface area contributed by atoms with Crippen LogP contribution in [0.25, 0.3) is 0 Å². The number of hydrogen-bond donors (Lipinski definition) is 2. The third-order valence-electron chi connectivity index (χ3n) is 0.867. The molecule has 0 amide bonds. The minimum atomic E-state index is -1.81. The summed E-state index contributed by atoms with van der Waals surface area (Å²) in [5.41, 5.74) is 0. The zero-order valence-electron chi connectivity index (χ0n) is 5.19. The van der Waals surface area contributed by atoms with Gasteiger partial charge in [-0.15, -0.1) is 0 Å². The standard InChI is InChI=1S/C4H7BO5/c6-5(7)10-4-1-8-3-9-2-4/h1,6-7H,2-3H2. The fraction of sp³-hybridized carbons (Fsp3) is 0.500. The van der Waals surface area contributed by atoms with Crippen LogP contribution in [-0.4, -0.2) is 30.8 Å². The molecule has 0 radical (unpaired) electrons. The fourth-order valence-electron chi connectivity index (χ4n) is 0.549. The molecule has 0 fully saturated rings. The van der Waals surface area contributed by atoms with Gasteiger partial charge in [0, 0.05) is 0 Å². The molecule has 0 saturated heterocycles. The Balaban J connectivity index is 2.31. The summed E-state index contributed by atoms with van der Waals surface area (Å²) in [5, 5.41) is 16.6. The summed E-state index contributed by atoms with van der Waals surface area (Å²) in [6.45, 7) is 0.381. The van der Waals surface area contributed by atoms with E-state index in [2.05, 4.69) is 9.39 Å². The summed E-state index contributed by atoms with van der Waals surface area (Å²) in [4.78, 5) is 0. The highest BCUT2D eigenvalue weighted by atomic mass is 16.7. The van der Waals surface area contributed by atoms with Gasteiger partial charge in [0.15, 0.2) is 6.79 Å². The van der Waals surface area contributed by atoms with Crippen molar-refractivity contribution in [2.24, 2.45) is 0 Å². The molecule has 0 aliphatic carbocycles. The number of hydrogen-bond acceptors (Lipinski definition) is 5. The van der Waals surface area contributed by atoms with Crippen molar-refractivity contribution in [2.75, 3.05) is 13.4 Å². The van der Waals surface area contributed by atoms with E-state index in [1.165, 1.54) is 6.26 Å². The lowest BCUT2D eigenvalue weighted by Gasteiger charge is -2.14. The normalized spacial score (nSPS) is 17.2. The first kappa shape index (κ1) is 7.39. The molecule has 0 aromatic rings. The molecule has 2 N–H and O–H groups in total. The first-order valence-corrected chi connectivity index (χ1v) is 2.70. The lowest BCUT2D eigenvalue weighted by molar-refractivity contribution is -0.0387. The molecule has 0 spiro atoms. The molecule has 1 heterocycles. The van der Waals surface area contributed by atoms with Crippen LogP contribution in [0.3, 0.4) is 0 Å². The maximum absolute atomic E-state index is 8.29. The first-order valence-electron chi connectivity index (χ1n) is 2.70. The highest BCUT2D eigenvalue weighted by Gasteiger charge is 2.15. The van der Waals surface area contributed by atoms with E-state index < -0.39 is 7.32 Å². The van der Waals surface area contributed by atoms with Crippen molar-refractivity contribution in [3.05, 3.63) is 12.0 Å². The monoisotopic (exact) mass is 146 g/mol. The Morgan fingerprint density at radius 2 is 2.40 bits per heavy atom. The van der Waals surface area contributed by atoms with Gasteiger partial charge in [-0.1, -0.05) is 0 Å². The van der Waals surface area contributed by atoms with Crippen LogP contribution in [0.1, 0.15) is 0 Å². The molecular formula is C4H7BO5. The molecule has 0 atom stereocenters. The highest BCUT2D eigenvalue weighted by molar-refractivity contribution is 6.33. The Morgan fingerprint density at radius 1 is 1.60 bits per heavy atom. The smallest absolute Gasteiger partial charge is 0.511 e. The summed E-state index contributed by atoms with van der Waals surface area (Å²) < 4.78 is 13.8. The minimum Gasteiger partial charge on any atom is -0.511 e. The topological polar surface area (TPSA) is 68.2 Å². The second-order valence-corrected chi connectivity index (χ2v) is 1.66. The lowest BCUT2D eigenvalue weighted by atomic mass is 10.2. The van der Waals surface area contributed by atoms with Gasteiger partial charge in [-0.3, -0.25) is 0 Å². The van der Waals surface area contributed by atoms with Gasteiger partial charge in [0.2, 0.25) is 0 Å². The second kappa shape index (κ2) is 3.45. The molecule has 10 heavy (non-hydrogen) atoms. The Hall–Kier alpha value is -0.715. The maximum atomic E-state index is 8.29. The van der Waals surface area contributed by atoms with Gasteiger partial charge in [0.25, 0.3) is 0 Å². The third kappa shape index (κ3) is 2.26. The predicted molar refractivity (Wildman–Crippen MR) is 31.3 cm³/mol. The molecule has 1 aliphatic heterocycles. The van der Waals surface area contributed by atoms with E-state index >= 15 is 0 Å². The van der Waals surface area contributed by atoms with Crippen molar-refractivity contribution >= 4 is 7.32 Å². The van der Waals surface area contributed by atoms with Crippen LogP contribution in [0.2, 0.25) is 0 Å². The van der Waals surface area contributed by atoms with E-state index in [9.17, 15) is 0 Å². The zero-order valence-corrected chi connectivity index (χ0v) is 5.19. The molecule has 0 aromatic carbocycles. The lowest BCUT2D eigenvalue weighted by Crippen LogP contribution is -2.21. The minimum absolute atomic E-state index is 0.175. The zero-order chi connectivity index (χ0) is 7.40.